The fourth-order valence-corrected chi connectivity index (χ4v) is 2.93. The first-order valence-electron chi connectivity index (χ1n) is 10.2. The molecule has 1 heterocycles. The highest BCUT2D eigenvalue weighted by molar-refractivity contribution is 5.60. The lowest BCUT2D eigenvalue weighted by molar-refractivity contribution is -0.697. The standard InChI is InChI=1S/C20H36N.C2H4O2/c1-3-4-5-6-7-8-9-10-11-12-13-14-17-21-18-15-16-20(2)19-21;1-2(3)4/h15-16,18-19H,3-14,17H2,1-2H3;1H3,(H,3,4)/q+1;/p-1. The first kappa shape index (κ1) is 23.6. The molecule has 1 rings (SSSR count). The zero-order chi connectivity index (χ0) is 18.8. The summed E-state index contributed by atoms with van der Waals surface area (Å²) in [6, 6.07) is 4.31. The third kappa shape index (κ3) is 18.8. The molecular formula is C22H39NO2. The highest BCUT2D eigenvalue weighted by Gasteiger charge is 1.99. The summed E-state index contributed by atoms with van der Waals surface area (Å²) in [6.45, 7) is 6.61. The Morgan fingerprint density at radius 1 is 0.920 bits per heavy atom. The lowest BCUT2D eigenvalue weighted by Crippen LogP contribution is -2.32. The van der Waals surface area contributed by atoms with Gasteiger partial charge in [0, 0.05) is 24.0 Å². The van der Waals surface area contributed by atoms with Gasteiger partial charge in [-0.05, 0) is 26.3 Å². The molecule has 0 aromatic carbocycles. The van der Waals surface area contributed by atoms with Crippen molar-refractivity contribution >= 4 is 5.97 Å². The summed E-state index contributed by atoms with van der Waals surface area (Å²) < 4.78 is 2.33. The minimum atomic E-state index is -1.08. The number of rotatable bonds is 13. The Kier molecular flexibility index (Phi) is 16.5. The number of carboxylic acids is 1. The molecule has 3 nitrogen and oxygen atoms in total. The smallest absolute Gasteiger partial charge is 0.171 e. The number of carbonyl (C=O) groups excluding carboxylic acids is 1. The van der Waals surface area contributed by atoms with E-state index in [-0.39, 0.29) is 0 Å². The second-order valence-electron chi connectivity index (χ2n) is 7.00. The molecule has 0 bridgehead atoms. The van der Waals surface area contributed by atoms with Crippen molar-refractivity contribution < 1.29 is 14.5 Å². The van der Waals surface area contributed by atoms with Crippen molar-refractivity contribution in [2.75, 3.05) is 0 Å². The highest BCUT2D eigenvalue weighted by atomic mass is 16.4. The van der Waals surface area contributed by atoms with E-state index in [0.29, 0.717) is 0 Å². The van der Waals surface area contributed by atoms with E-state index in [2.05, 4.69) is 42.9 Å². The fourth-order valence-electron chi connectivity index (χ4n) is 2.93. The molecule has 0 unspecified atom stereocenters. The molecule has 1 aromatic heterocycles. The number of aryl methyl sites for hydroxylation is 2. The van der Waals surface area contributed by atoms with Crippen molar-refractivity contribution in [3.8, 4) is 0 Å². The van der Waals surface area contributed by atoms with E-state index in [1.54, 1.807) is 0 Å². The van der Waals surface area contributed by atoms with Crippen molar-refractivity contribution in [3.05, 3.63) is 30.1 Å². The van der Waals surface area contributed by atoms with Gasteiger partial charge in [-0.1, -0.05) is 71.1 Å². The van der Waals surface area contributed by atoms with Crippen LogP contribution in [0.2, 0.25) is 0 Å². The number of pyridine rings is 1. The maximum Gasteiger partial charge on any atom is 0.171 e. The number of aromatic nitrogens is 1. The van der Waals surface area contributed by atoms with Crippen molar-refractivity contribution in [1.82, 2.24) is 0 Å². The van der Waals surface area contributed by atoms with Crippen LogP contribution in [0.25, 0.3) is 0 Å². The minimum absolute atomic E-state index is 0.972. The molecule has 0 aliphatic rings. The Morgan fingerprint density at radius 3 is 1.80 bits per heavy atom. The van der Waals surface area contributed by atoms with E-state index in [9.17, 15) is 0 Å². The molecule has 25 heavy (non-hydrogen) atoms. The Labute approximate surface area is 155 Å². The van der Waals surface area contributed by atoms with Crippen molar-refractivity contribution in [2.24, 2.45) is 0 Å². The van der Waals surface area contributed by atoms with E-state index in [1.165, 1.54) is 89.2 Å². The summed E-state index contributed by atoms with van der Waals surface area (Å²) in [6.07, 6.45) is 21.5. The van der Waals surface area contributed by atoms with Crippen LogP contribution in [0.3, 0.4) is 0 Å². The van der Waals surface area contributed by atoms with Gasteiger partial charge in [-0.2, -0.15) is 0 Å². The maximum atomic E-state index is 8.89. The predicted molar refractivity (Wildman–Crippen MR) is 103 cm³/mol. The molecule has 0 fully saturated rings. The van der Waals surface area contributed by atoms with Crippen LogP contribution >= 0.6 is 0 Å². The molecule has 1 aromatic rings. The number of carboxylic acid groups (broad SMARTS) is 1. The van der Waals surface area contributed by atoms with E-state index < -0.39 is 5.97 Å². The largest absolute Gasteiger partial charge is 0.550 e. The zero-order valence-electron chi connectivity index (χ0n) is 16.8. The van der Waals surface area contributed by atoms with E-state index >= 15 is 0 Å². The van der Waals surface area contributed by atoms with E-state index in [0.717, 1.165) is 6.92 Å². The van der Waals surface area contributed by atoms with Crippen LogP contribution < -0.4 is 9.67 Å². The Bertz CT molecular complexity index is 428. The molecule has 0 aliphatic heterocycles. The molecule has 0 atom stereocenters. The predicted octanol–water partition coefficient (Wildman–Crippen LogP) is 4.74. The molecule has 0 saturated heterocycles. The third-order valence-corrected chi connectivity index (χ3v) is 4.28. The summed E-state index contributed by atoms with van der Waals surface area (Å²) >= 11 is 0. The number of nitrogens with zero attached hydrogens (tertiary/aromatic N) is 1. The van der Waals surface area contributed by atoms with Crippen LogP contribution in [0.5, 0.6) is 0 Å². The Hall–Kier alpha value is -1.38. The highest BCUT2D eigenvalue weighted by Crippen LogP contribution is 2.11. The molecule has 0 radical (unpaired) electrons. The van der Waals surface area contributed by atoms with E-state index in [4.69, 9.17) is 9.90 Å². The normalized spacial score (nSPS) is 10.2. The monoisotopic (exact) mass is 349 g/mol. The Balaban J connectivity index is 0.00000129. The van der Waals surface area contributed by atoms with Crippen molar-refractivity contribution in [1.29, 1.82) is 0 Å². The van der Waals surface area contributed by atoms with Gasteiger partial charge in [0.15, 0.2) is 12.4 Å². The van der Waals surface area contributed by atoms with Gasteiger partial charge in [0.05, 0.1) is 0 Å². The van der Waals surface area contributed by atoms with Gasteiger partial charge in [0.25, 0.3) is 0 Å². The molecule has 0 N–H and O–H groups in total. The van der Waals surface area contributed by atoms with Gasteiger partial charge in [-0.15, -0.1) is 0 Å². The average Bonchev–Trinajstić information content (AvgIpc) is 2.55. The lowest BCUT2D eigenvalue weighted by Gasteiger charge is -2.02. The van der Waals surface area contributed by atoms with Gasteiger partial charge in [-0.25, -0.2) is 4.57 Å². The molecule has 0 aliphatic carbocycles. The summed E-state index contributed by atoms with van der Waals surface area (Å²) in [5.74, 6) is -1.08. The first-order chi connectivity index (χ1) is 12.1. The molecule has 0 spiro atoms. The van der Waals surface area contributed by atoms with Crippen LogP contribution in [0.15, 0.2) is 24.5 Å². The topological polar surface area (TPSA) is 44.0 Å². The van der Waals surface area contributed by atoms with Crippen LogP contribution in [-0.2, 0) is 11.3 Å². The van der Waals surface area contributed by atoms with Gasteiger partial charge in [-0.3, -0.25) is 0 Å². The lowest BCUT2D eigenvalue weighted by atomic mass is 10.1. The zero-order valence-corrected chi connectivity index (χ0v) is 16.8. The molecular weight excluding hydrogens is 310 g/mol. The van der Waals surface area contributed by atoms with Crippen molar-refractivity contribution in [3.63, 3.8) is 0 Å². The molecule has 144 valence electrons. The maximum absolute atomic E-state index is 8.89. The quantitative estimate of drug-likeness (QED) is 0.381. The van der Waals surface area contributed by atoms with Crippen LogP contribution in [-0.4, -0.2) is 5.97 Å². The van der Waals surface area contributed by atoms with Crippen LogP contribution in [0.4, 0.5) is 0 Å². The van der Waals surface area contributed by atoms with Gasteiger partial charge >= 0.3 is 0 Å². The summed E-state index contributed by atoms with van der Waals surface area (Å²) in [5.41, 5.74) is 1.36. The molecule has 0 saturated carbocycles. The van der Waals surface area contributed by atoms with Gasteiger partial charge in [0.2, 0.25) is 0 Å². The summed E-state index contributed by atoms with van der Waals surface area (Å²) in [5, 5.41) is 8.89. The second-order valence-corrected chi connectivity index (χ2v) is 7.00. The number of carbonyl (C=O) groups is 1. The number of hydrogen-bond donors (Lipinski definition) is 0. The Morgan fingerprint density at radius 2 is 1.36 bits per heavy atom. The number of hydrogen-bond acceptors (Lipinski definition) is 2. The number of aliphatic carboxylic acids is 1. The summed E-state index contributed by atoms with van der Waals surface area (Å²) in [4.78, 5) is 8.89. The van der Waals surface area contributed by atoms with E-state index in [1.807, 2.05) is 0 Å². The fraction of sp³-hybridized carbons (Fsp3) is 0.727. The second kappa shape index (κ2) is 17.4. The van der Waals surface area contributed by atoms with Crippen molar-refractivity contribution in [2.45, 2.75) is 104 Å². The minimum Gasteiger partial charge on any atom is -0.550 e. The number of unbranched alkanes of at least 4 members (excludes halogenated alkanes) is 11. The van der Waals surface area contributed by atoms with Gasteiger partial charge in [0.1, 0.15) is 6.54 Å². The molecule has 0 amide bonds. The van der Waals surface area contributed by atoms with Crippen LogP contribution in [0, 0.1) is 6.92 Å². The summed E-state index contributed by atoms with van der Waals surface area (Å²) in [7, 11) is 0. The van der Waals surface area contributed by atoms with Crippen LogP contribution in [0.1, 0.15) is 96.5 Å². The first-order valence-corrected chi connectivity index (χ1v) is 10.2. The van der Waals surface area contributed by atoms with Gasteiger partial charge < -0.3 is 9.90 Å². The SMILES string of the molecule is CC(=O)[O-].CCCCCCCCCCCCCC[n+]1cccc(C)c1. The molecule has 3 heteroatoms. The third-order valence-electron chi connectivity index (χ3n) is 4.28. The average molecular weight is 350 g/mol.